The van der Waals surface area contributed by atoms with Gasteiger partial charge in [-0.2, -0.15) is 0 Å². The Hall–Kier alpha value is -3.15. The molecule has 0 fully saturated rings. The lowest BCUT2D eigenvalue weighted by molar-refractivity contribution is 0.101. The number of carbonyl (C=O) groups excluding carboxylic acids is 1. The Kier molecular flexibility index (Phi) is 5.02. The van der Waals surface area contributed by atoms with Crippen molar-refractivity contribution >= 4 is 11.6 Å². The van der Waals surface area contributed by atoms with Crippen molar-refractivity contribution < 1.29 is 18.4 Å². The molecule has 134 valence electrons. The average molecular weight is 354 g/mol. The molecule has 0 saturated heterocycles. The number of ether oxygens (including phenoxy) is 1. The highest BCUT2D eigenvalue weighted by atomic mass is 19.1. The van der Waals surface area contributed by atoms with Crippen molar-refractivity contribution in [1.82, 2.24) is 5.16 Å². The minimum absolute atomic E-state index is 0.0501. The molecule has 26 heavy (non-hydrogen) atoms. The number of anilines is 1. The van der Waals surface area contributed by atoms with Crippen molar-refractivity contribution in [2.75, 3.05) is 5.32 Å². The van der Waals surface area contributed by atoms with Gasteiger partial charge in [-0.15, -0.1) is 0 Å². The Morgan fingerprint density at radius 2 is 1.96 bits per heavy atom. The predicted molar refractivity (Wildman–Crippen MR) is 95.8 cm³/mol. The highest BCUT2D eigenvalue weighted by Crippen LogP contribution is 2.20. The molecule has 0 aliphatic heterocycles. The second-order valence-electron chi connectivity index (χ2n) is 6.07. The van der Waals surface area contributed by atoms with E-state index < -0.39 is 5.82 Å². The summed E-state index contributed by atoms with van der Waals surface area (Å²) in [4.78, 5) is 12.6. The summed E-state index contributed by atoms with van der Waals surface area (Å²) in [6, 6.07) is 11.5. The zero-order valence-electron chi connectivity index (χ0n) is 14.8. The third kappa shape index (κ3) is 3.91. The first-order valence-electron chi connectivity index (χ1n) is 8.16. The van der Waals surface area contributed by atoms with Gasteiger partial charge in [-0.05, 0) is 56.2 Å². The zero-order valence-corrected chi connectivity index (χ0v) is 14.8. The fourth-order valence-electron chi connectivity index (χ4n) is 2.46. The fraction of sp³-hybridized carbons (Fsp3) is 0.200. The molecule has 1 aromatic heterocycles. The van der Waals surface area contributed by atoms with Gasteiger partial charge in [0.15, 0.2) is 5.69 Å². The van der Waals surface area contributed by atoms with Crippen molar-refractivity contribution in [3.05, 3.63) is 76.4 Å². The molecular formula is C20H19FN2O3. The summed E-state index contributed by atoms with van der Waals surface area (Å²) < 4.78 is 24.0. The van der Waals surface area contributed by atoms with E-state index in [2.05, 4.69) is 10.5 Å². The molecule has 0 bridgehead atoms. The summed E-state index contributed by atoms with van der Waals surface area (Å²) in [7, 11) is 0. The van der Waals surface area contributed by atoms with Crippen molar-refractivity contribution in [3.63, 3.8) is 0 Å². The first kappa shape index (κ1) is 17.7. The zero-order chi connectivity index (χ0) is 18.7. The van der Waals surface area contributed by atoms with Gasteiger partial charge in [-0.3, -0.25) is 4.79 Å². The van der Waals surface area contributed by atoms with E-state index in [-0.39, 0.29) is 18.2 Å². The van der Waals surface area contributed by atoms with Crippen molar-refractivity contribution in [2.45, 2.75) is 27.4 Å². The number of benzene rings is 2. The summed E-state index contributed by atoms with van der Waals surface area (Å²) in [6.07, 6.45) is 0. The highest BCUT2D eigenvalue weighted by Gasteiger charge is 2.20. The monoisotopic (exact) mass is 354 g/mol. The number of rotatable bonds is 5. The van der Waals surface area contributed by atoms with Crippen LogP contribution >= 0.6 is 0 Å². The number of hydrogen-bond donors (Lipinski definition) is 1. The Morgan fingerprint density at radius 1 is 1.15 bits per heavy atom. The van der Waals surface area contributed by atoms with Crippen molar-refractivity contribution in [3.8, 4) is 5.75 Å². The van der Waals surface area contributed by atoms with Gasteiger partial charge >= 0.3 is 0 Å². The molecule has 0 aliphatic carbocycles. The Labute approximate surface area is 150 Å². The summed E-state index contributed by atoms with van der Waals surface area (Å²) in [5.41, 5.74) is 3.57. The first-order chi connectivity index (χ1) is 12.4. The van der Waals surface area contributed by atoms with Gasteiger partial charge in [0.2, 0.25) is 0 Å². The molecule has 0 spiro atoms. The van der Waals surface area contributed by atoms with Crippen LogP contribution in [-0.2, 0) is 6.61 Å². The average Bonchev–Trinajstić information content (AvgIpc) is 2.97. The summed E-state index contributed by atoms with van der Waals surface area (Å²) in [6.45, 7) is 5.73. The minimum atomic E-state index is -0.391. The van der Waals surface area contributed by atoms with Gasteiger partial charge in [-0.1, -0.05) is 17.3 Å². The van der Waals surface area contributed by atoms with E-state index in [9.17, 15) is 9.18 Å². The maximum atomic E-state index is 13.2. The Balaban J connectivity index is 1.76. The fourth-order valence-corrected chi connectivity index (χ4v) is 2.46. The van der Waals surface area contributed by atoms with E-state index in [0.29, 0.717) is 22.8 Å². The lowest BCUT2D eigenvalue weighted by Crippen LogP contribution is -2.15. The molecule has 1 N–H and O–H groups in total. The number of nitrogens with zero attached hydrogens (tertiary/aromatic N) is 1. The largest absolute Gasteiger partial charge is 0.489 e. The molecule has 0 aliphatic rings. The normalized spacial score (nSPS) is 10.6. The van der Waals surface area contributed by atoms with Crippen LogP contribution in [-0.4, -0.2) is 11.1 Å². The number of aryl methyl sites for hydroxylation is 3. The lowest BCUT2D eigenvalue weighted by Gasteiger charge is -2.08. The molecule has 6 heteroatoms. The van der Waals surface area contributed by atoms with E-state index in [1.807, 2.05) is 32.0 Å². The maximum Gasteiger partial charge on any atom is 0.278 e. The van der Waals surface area contributed by atoms with Crippen LogP contribution in [0.2, 0.25) is 0 Å². The first-order valence-corrected chi connectivity index (χ1v) is 8.16. The molecule has 2 aromatic carbocycles. The van der Waals surface area contributed by atoms with Gasteiger partial charge in [0, 0.05) is 11.8 Å². The number of carbonyl (C=O) groups is 1. The Morgan fingerprint density at radius 3 is 2.69 bits per heavy atom. The van der Waals surface area contributed by atoms with Gasteiger partial charge in [0.05, 0.1) is 5.56 Å². The van der Waals surface area contributed by atoms with E-state index in [1.54, 1.807) is 19.1 Å². The molecule has 0 saturated carbocycles. The maximum absolute atomic E-state index is 13.2. The standard InChI is InChI=1S/C20H19FN2O3/c1-12-7-8-16(9-13(12)2)22-20(24)19-18(14(3)26-23-19)11-25-17-6-4-5-15(21)10-17/h4-10H,11H2,1-3H3,(H,22,24). The second-order valence-corrected chi connectivity index (χ2v) is 6.07. The molecular weight excluding hydrogens is 335 g/mol. The van der Waals surface area contributed by atoms with Crippen LogP contribution in [0.4, 0.5) is 10.1 Å². The van der Waals surface area contributed by atoms with Gasteiger partial charge in [-0.25, -0.2) is 4.39 Å². The van der Waals surface area contributed by atoms with Gasteiger partial charge < -0.3 is 14.6 Å². The van der Waals surface area contributed by atoms with Gasteiger partial charge in [0.1, 0.15) is 23.9 Å². The van der Waals surface area contributed by atoms with Gasteiger partial charge in [0.25, 0.3) is 5.91 Å². The molecule has 1 amide bonds. The highest BCUT2D eigenvalue weighted by molar-refractivity contribution is 6.03. The molecule has 5 nitrogen and oxygen atoms in total. The molecule has 0 radical (unpaired) electrons. The van der Waals surface area contributed by atoms with E-state index in [0.717, 1.165) is 11.1 Å². The SMILES string of the molecule is Cc1ccc(NC(=O)c2noc(C)c2COc2cccc(F)c2)cc1C. The molecule has 3 rings (SSSR count). The number of nitrogens with one attached hydrogen (secondary N) is 1. The van der Waals surface area contributed by atoms with E-state index in [1.165, 1.54) is 12.1 Å². The second kappa shape index (κ2) is 7.39. The topological polar surface area (TPSA) is 64.4 Å². The number of hydrogen-bond acceptors (Lipinski definition) is 4. The predicted octanol–water partition coefficient (Wildman–Crippen LogP) is 4.57. The molecule has 0 atom stereocenters. The summed E-state index contributed by atoms with van der Waals surface area (Å²) in [5, 5.41) is 6.65. The smallest absolute Gasteiger partial charge is 0.278 e. The number of halogens is 1. The van der Waals surface area contributed by atoms with Crippen LogP contribution in [0.3, 0.4) is 0 Å². The quantitative estimate of drug-likeness (QED) is 0.729. The van der Waals surface area contributed by atoms with Crippen LogP contribution in [0.1, 0.15) is 32.9 Å². The minimum Gasteiger partial charge on any atom is -0.489 e. The summed E-state index contributed by atoms with van der Waals surface area (Å²) >= 11 is 0. The number of amides is 1. The van der Waals surface area contributed by atoms with Crippen LogP contribution in [0.15, 0.2) is 47.0 Å². The lowest BCUT2D eigenvalue weighted by atomic mass is 10.1. The van der Waals surface area contributed by atoms with E-state index >= 15 is 0 Å². The molecule has 0 unspecified atom stereocenters. The Bertz CT molecular complexity index is 950. The third-order valence-electron chi connectivity index (χ3n) is 4.14. The molecule has 3 aromatic rings. The van der Waals surface area contributed by atoms with Crippen molar-refractivity contribution in [1.29, 1.82) is 0 Å². The van der Waals surface area contributed by atoms with Crippen LogP contribution in [0.25, 0.3) is 0 Å². The van der Waals surface area contributed by atoms with E-state index in [4.69, 9.17) is 9.26 Å². The molecule has 1 heterocycles. The van der Waals surface area contributed by atoms with Crippen LogP contribution in [0, 0.1) is 26.6 Å². The summed E-state index contributed by atoms with van der Waals surface area (Å²) in [5.74, 6) is 0.0675. The number of aromatic nitrogens is 1. The van der Waals surface area contributed by atoms with Crippen LogP contribution in [0.5, 0.6) is 5.75 Å². The third-order valence-corrected chi connectivity index (χ3v) is 4.14. The van der Waals surface area contributed by atoms with Crippen LogP contribution < -0.4 is 10.1 Å². The van der Waals surface area contributed by atoms with Crippen molar-refractivity contribution in [2.24, 2.45) is 0 Å².